The Bertz CT molecular complexity index is 610. The molecule has 0 saturated carbocycles. The Labute approximate surface area is 145 Å². The normalized spacial score (nSPS) is 12.9. The molecule has 7 heteroatoms. The summed E-state index contributed by atoms with van der Waals surface area (Å²) in [5.74, 6) is 0.280. The van der Waals surface area contributed by atoms with Gasteiger partial charge in [-0.15, -0.1) is 0 Å². The summed E-state index contributed by atoms with van der Waals surface area (Å²) in [5, 5.41) is 2.85. The van der Waals surface area contributed by atoms with E-state index in [0.717, 1.165) is 12.8 Å². The van der Waals surface area contributed by atoms with E-state index in [1.165, 1.54) is 16.4 Å². The number of rotatable bonds is 10. The first kappa shape index (κ1) is 20.4. The molecule has 0 heterocycles. The molecule has 6 nitrogen and oxygen atoms in total. The lowest BCUT2D eigenvalue weighted by molar-refractivity contribution is -0.123. The van der Waals surface area contributed by atoms with Gasteiger partial charge >= 0.3 is 0 Å². The van der Waals surface area contributed by atoms with E-state index in [0.29, 0.717) is 18.8 Å². The van der Waals surface area contributed by atoms with Crippen LogP contribution in [0.1, 0.15) is 40.5 Å². The Morgan fingerprint density at radius 2 is 1.75 bits per heavy atom. The maximum Gasteiger partial charge on any atom is 0.258 e. The minimum Gasteiger partial charge on any atom is -0.484 e. The summed E-state index contributed by atoms with van der Waals surface area (Å²) in [7, 11) is -3.47. The summed E-state index contributed by atoms with van der Waals surface area (Å²) in [6, 6.07) is 6.26. The van der Waals surface area contributed by atoms with Gasteiger partial charge in [0.2, 0.25) is 10.0 Å². The predicted molar refractivity (Wildman–Crippen MR) is 94.6 cm³/mol. The number of hydrogen-bond donors (Lipinski definition) is 1. The third-order valence-corrected chi connectivity index (χ3v) is 5.73. The zero-order valence-corrected chi connectivity index (χ0v) is 15.7. The summed E-state index contributed by atoms with van der Waals surface area (Å²) in [4.78, 5) is 12.0. The van der Waals surface area contributed by atoms with Crippen molar-refractivity contribution in [3.8, 4) is 5.75 Å². The summed E-state index contributed by atoms with van der Waals surface area (Å²) in [6.45, 7) is 8.38. The number of carbonyl (C=O) groups excluding carboxylic acids is 1. The second-order valence-electron chi connectivity index (χ2n) is 5.61. The molecule has 0 fully saturated rings. The first-order valence-electron chi connectivity index (χ1n) is 8.37. The number of sulfonamides is 1. The Balaban J connectivity index is 2.64. The number of nitrogens with zero attached hydrogens (tertiary/aromatic N) is 1. The van der Waals surface area contributed by atoms with E-state index in [2.05, 4.69) is 12.2 Å². The van der Waals surface area contributed by atoms with Crippen LogP contribution >= 0.6 is 0 Å². The minimum absolute atomic E-state index is 0.0871. The lowest BCUT2D eigenvalue weighted by Gasteiger charge is -2.18. The Kier molecular flexibility index (Phi) is 8.21. The van der Waals surface area contributed by atoms with Crippen molar-refractivity contribution in [3.05, 3.63) is 24.3 Å². The number of benzene rings is 1. The van der Waals surface area contributed by atoms with Gasteiger partial charge in [0, 0.05) is 19.1 Å². The summed E-state index contributed by atoms with van der Waals surface area (Å²) < 4.78 is 31.6. The smallest absolute Gasteiger partial charge is 0.258 e. The highest BCUT2D eigenvalue weighted by atomic mass is 32.2. The highest BCUT2D eigenvalue weighted by molar-refractivity contribution is 7.89. The number of ether oxygens (including phenoxy) is 1. The third kappa shape index (κ3) is 5.79. The van der Waals surface area contributed by atoms with Gasteiger partial charge in [0.25, 0.3) is 5.91 Å². The quantitative estimate of drug-likeness (QED) is 0.698. The summed E-state index contributed by atoms with van der Waals surface area (Å²) in [6.07, 6.45) is 1.93. The molecule has 0 aliphatic carbocycles. The molecule has 1 N–H and O–H groups in total. The van der Waals surface area contributed by atoms with E-state index in [4.69, 9.17) is 4.74 Å². The van der Waals surface area contributed by atoms with Crippen molar-refractivity contribution in [3.63, 3.8) is 0 Å². The number of nitrogens with one attached hydrogen (secondary N) is 1. The fourth-order valence-electron chi connectivity index (χ4n) is 2.39. The maximum absolute atomic E-state index is 12.4. The standard InChI is InChI=1S/C17H28N2O4S/c1-5-8-14(4)18-17(20)13-23-15-9-11-16(12-10-15)24(21,22)19(6-2)7-3/h9-12,14H,5-8,13H2,1-4H3,(H,18,20)/t14-/m0/s1. The van der Waals surface area contributed by atoms with Crippen molar-refractivity contribution < 1.29 is 17.9 Å². The predicted octanol–water partition coefficient (Wildman–Crippen LogP) is 2.40. The first-order valence-corrected chi connectivity index (χ1v) is 9.81. The molecule has 0 spiro atoms. The summed E-state index contributed by atoms with van der Waals surface area (Å²) in [5.41, 5.74) is 0. The molecule has 0 bridgehead atoms. The van der Waals surface area contributed by atoms with E-state index in [1.807, 2.05) is 6.92 Å². The highest BCUT2D eigenvalue weighted by Crippen LogP contribution is 2.19. The molecule has 0 aliphatic rings. The second-order valence-corrected chi connectivity index (χ2v) is 7.54. The lowest BCUT2D eigenvalue weighted by Crippen LogP contribution is -2.35. The summed E-state index contributed by atoms with van der Waals surface area (Å²) >= 11 is 0. The fourth-order valence-corrected chi connectivity index (χ4v) is 3.85. The van der Waals surface area contributed by atoms with Gasteiger partial charge in [0.15, 0.2) is 6.61 Å². The molecule has 136 valence electrons. The van der Waals surface area contributed by atoms with Crippen LogP contribution in [0.3, 0.4) is 0 Å². The zero-order valence-electron chi connectivity index (χ0n) is 14.9. The second kappa shape index (κ2) is 9.64. The zero-order chi connectivity index (χ0) is 18.2. The van der Waals surface area contributed by atoms with Crippen LogP contribution < -0.4 is 10.1 Å². The first-order chi connectivity index (χ1) is 11.3. The molecule has 1 aromatic carbocycles. The van der Waals surface area contributed by atoms with Crippen LogP contribution in [-0.4, -0.2) is 44.4 Å². The topological polar surface area (TPSA) is 75.7 Å². The minimum atomic E-state index is -3.47. The molecule has 0 unspecified atom stereocenters. The largest absolute Gasteiger partial charge is 0.484 e. The van der Waals surface area contributed by atoms with Crippen LogP contribution in [0.4, 0.5) is 0 Å². The molecule has 0 saturated heterocycles. The monoisotopic (exact) mass is 356 g/mol. The Hall–Kier alpha value is -1.60. The lowest BCUT2D eigenvalue weighted by atomic mass is 10.2. The van der Waals surface area contributed by atoms with Crippen molar-refractivity contribution in [2.45, 2.75) is 51.5 Å². The van der Waals surface area contributed by atoms with E-state index >= 15 is 0 Å². The average molecular weight is 356 g/mol. The Morgan fingerprint density at radius 3 is 2.25 bits per heavy atom. The number of hydrogen-bond acceptors (Lipinski definition) is 4. The van der Waals surface area contributed by atoms with Gasteiger partial charge in [-0.1, -0.05) is 27.2 Å². The molecule has 1 amide bonds. The van der Waals surface area contributed by atoms with Crippen LogP contribution in [0.5, 0.6) is 5.75 Å². The Morgan fingerprint density at radius 1 is 1.17 bits per heavy atom. The van der Waals surface area contributed by atoms with E-state index in [1.54, 1.807) is 26.0 Å². The van der Waals surface area contributed by atoms with Crippen LogP contribution in [0, 0.1) is 0 Å². The van der Waals surface area contributed by atoms with E-state index in [9.17, 15) is 13.2 Å². The molecule has 0 aliphatic heterocycles. The average Bonchev–Trinajstić information content (AvgIpc) is 2.54. The molecule has 0 aromatic heterocycles. The van der Waals surface area contributed by atoms with Crippen LogP contribution in [-0.2, 0) is 14.8 Å². The van der Waals surface area contributed by atoms with E-state index in [-0.39, 0.29) is 23.5 Å². The molecule has 0 radical (unpaired) electrons. The van der Waals surface area contributed by atoms with Gasteiger partial charge in [0.1, 0.15) is 5.75 Å². The molecule has 1 aromatic rings. The molecular weight excluding hydrogens is 328 g/mol. The molecular formula is C17H28N2O4S. The van der Waals surface area contributed by atoms with Crippen molar-refractivity contribution in [2.75, 3.05) is 19.7 Å². The SMILES string of the molecule is CCC[C@H](C)NC(=O)COc1ccc(S(=O)(=O)N(CC)CC)cc1. The van der Waals surface area contributed by atoms with Crippen molar-refractivity contribution in [1.29, 1.82) is 0 Å². The van der Waals surface area contributed by atoms with Gasteiger partial charge in [-0.05, 0) is 37.6 Å². The van der Waals surface area contributed by atoms with E-state index < -0.39 is 10.0 Å². The molecule has 24 heavy (non-hydrogen) atoms. The number of amides is 1. The van der Waals surface area contributed by atoms with Gasteiger partial charge in [-0.2, -0.15) is 4.31 Å². The van der Waals surface area contributed by atoms with Crippen LogP contribution in [0.2, 0.25) is 0 Å². The van der Waals surface area contributed by atoms with Gasteiger partial charge < -0.3 is 10.1 Å². The molecule has 1 rings (SSSR count). The van der Waals surface area contributed by atoms with Gasteiger partial charge in [-0.3, -0.25) is 4.79 Å². The van der Waals surface area contributed by atoms with Crippen molar-refractivity contribution in [2.24, 2.45) is 0 Å². The van der Waals surface area contributed by atoms with Gasteiger partial charge in [0.05, 0.1) is 4.90 Å². The fraction of sp³-hybridized carbons (Fsp3) is 0.588. The number of carbonyl (C=O) groups is 1. The maximum atomic E-state index is 12.4. The van der Waals surface area contributed by atoms with Crippen molar-refractivity contribution in [1.82, 2.24) is 9.62 Å². The van der Waals surface area contributed by atoms with Crippen molar-refractivity contribution >= 4 is 15.9 Å². The third-order valence-electron chi connectivity index (χ3n) is 3.67. The van der Waals surface area contributed by atoms with Gasteiger partial charge in [-0.25, -0.2) is 8.42 Å². The van der Waals surface area contributed by atoms with Crippen LogP contribution in [0.15, 0.2) is 29.2 Å². The molecule has 1 atom stereocenters. The highest BCUT2D eigenvalue weighted by Gasteiger charge is 2.21. The van der Waals surface area contributed by atoms with Crippen LogP contribution in [0.25, 0.3) is 0 Å².